The highest BCUT2D eigenvalue weighted by Gasteiger charge is 2.29. The topological polar surface area (TPSA) is 84.9 Å². The molecule has 1 saturated heterocycles. The number of nitrogens with zero attached hydrogens (tertiary/aromatic N) is 1. The van der Waals surface area contributed by atoms with Crippen LogP contribution in [0, 0.1) is 0 Å². The largest absolute Gasteiger partial charge is 0.497 e. The van der Waals surface area contributed by atoms with Gasteiger partial charge in [0.15, 0.2) is 6.61 Å². The SMILES string of the molecule is COc1ccc(C(=O)NCC(=O)OCC(=O)N2[C@@H](C)CCC[C@@H]2C)cc1. The number of hydrogen-bond acceptors (Lipinski definition) is 5. The predicted molar refractivity (Wildman–Crippen MR) is 95.9 cm³/mol. The number of amides is 2. The smallest absolute Gasteiger partial charge is 0.325 e. The third-order valence-corrected chi connectivity index (χ3v) is 4.58. The van der Waals surface area contributed by atoms with E-state index in [9.17, 15) is 14.4 Å². The maximum atomic E-state index is 12.3. The molecule has 0 unspecified atom stereocenters. The molecule has 1 aliphatic heterocycles. The molecule has 2 atom stereocenters. The van der Waals surface area contributed by atoms with Gasteiger partial charge in [0.2, 0.25) is 0 Å². The number of rotatable bonds is 6. The summed E-state index contributed by atoms with van der Waals surface area (Å²) in [4.78, 5) is 37.9. The highest BCUT2D eigenvalue weighted by molar-refractivity contribution is 5.96. The average molecular weight is 362 g/mol. The summed E-state index contributed by atoms with van der Waals surface area (Å²) < 4.78 is 10.0. The number of piperidine rings is 1. The number of hydrogen-bond donors (Lipinski definition) is 1. The Morgan fingerprint density at radius 2 is 1.73 bits per heavy atom. The average Bonchev–Trinajstić information content (AvgIpc) is 2.64. The first kappa shape index (κ1) is 19.8. The molecule has 0 spiro atoms. The van der Waals surface area contributed by atoms with E-state index < -0.39 is 11.9 Å². The van der Waals surface area contributed by atoms with Gasteiger partial charge in [0.05, 0.1) is 7.11 Å². The quantitative estimate of drug-likeness (QED) is 0.780. The van der Waals surface area contributed by atoms with Gasteiger partial charge < -0.3 is 19.7 Å². The first-order valence-corrected chi connectivity index (χ1v) is 8.81. The van der Waals surface area contributed by atoms with E-state index in [2.05, 4.69) is 5.32 Å². The van der Waals surface area contributed by atoms with Crippen molar-refractivity contribution < 1.29 is 23.9 Å². The van der Waals surface area contributed by atoms with E-state index in [-0.39, 0.29) is 31.1 Å². The molecular formula is C19H26N2O5. The zero-order valence-corrected chi connectivity index (χ0v) is 15.5. The summed E-state index contributed by atoms with van der Waals surface area (Å²) in [5.74, 6) is -0.591. The number of carbonyl (C=O) groups is 3. The zero-order valence-electron chi connectivity index (χ0n) is 15.5. The van der Waals surface area contributed by atoms with Gasteiger partial charge in [-0.15, -0.1) is 0 Å². The minimum Gasteiger partial charge on any atom is -0.497 e. The van der Waals surface area contributed by atoms with E-state index in [1.54, 1.807) is 29.2 Å². The molecule has 0 saturated carbocycles. The van der Waals surface area contributed by atoms with Crippen LogP contribution in [0.5, 0.6) is 5.75 Å². The van der Waals surface area contributed by atoms with Crippen LogP contribution in [0.4, 0.5) is 0 Å². The molecule has 1 aromatic carbocycles. The predicted octanol–water partition coefficient (Wildman–Crippen LogP) is 1.76. The van der Waals surface area contributed by atoms with Crippen molar-refractivity contribution in [3.63, 3.8) is 0 Å². The summed E-state index contributed by atoms with van der Waals surface area (Å²) in [5, 5.41) is 2.48. The Bertz CT molecular complexity index is 634. The van der Waals surface area contributed by atoms with Crippen LogP contribution in [0.2, 0.25) is 0 Å². The summed E-state index contributed by atoms with van der Waals surface area (Å²) in [6.07, 6.45) is 3.02. The number of benzene rings is 1. The monoisotopic (exact) mass is 362 g/mol. The molecule has 1 heterocycles. The van der Waals surface area contributed by atoms with E-state index in [1.807, 2.05) is 13.8 Å². The van der Waals surface area contributed by atoms with Gasteiger partial charge in [0.25, 0.3) is 11.8 Å². The fraction of sp³-hybridized carbons (Fsp3) is 0.526. The van der Waals surface area contributed by atoms with Crippen LogP contribution in [0.1, 0.15) is 43.5 Å². The Balaban J connectivity index is 1.75. The fourth-order valence-corrected chi connectivity index (χ4v) is 3.18. The second-order valence-electron chi connectivity index (χ2n) is 6.50. The molecule has 2 amide bonds. The van der Waals surface area contributed by atoms with Crippen LogP contribution in [0.25, 0.3) is 0 Å². The number of likely N-dealkylation sites (tertiary alicyclic amines) is 1. The lowest BCUT2D eigenvalue weighted by atomic mass is 9.97. The van der Waals surface area contributed by atoms with Crippen molar-refractivity contribution in [3.8, 4) is 5.75 Å². The standard InChI is InChI=1S/C19H26N2O5/c1-13-5-4-6-14(2)21(13)17(22)12-26-18(23)11-20-19(24)15-7-9-16(25-3)10-8-15/h7-10,13-14H,4-6,11-12H2,1-3H3,(H,20,24)/t13-,14-/m0/s1. The summed E-state index contributed by atoms with van der Waals surface area (Å²) in [5.41, 5.74) is 0.408. The van der Waals surface area contributed by atoms with Gasteiger partial charge in [-0.2, -0.15) is 0 Å². The molecule has 142 valence electrons. The molecule has 7 nitrogen and oxygen atoms in total. The van der Waals surface area contributed by atoms with E-state index in [4.69, 9.17) is 9.47 Å². The Labute approximate surface area is 153 Å². The van der Waals surface area contributed by atoms with Crippen LogP contribution in [-0.2, 0) is 14.3 Å². The number of methoxy groups -OCH3 is 1. The first-order chi connectivity index (χ1) is 12.4. The molecule has 26 heavy (non-hydrogen) atoms. The second-order valence-corrected chi connectivity index (χ2v) is 6.50. The second kappa shape index (κ2) is 9.22. The van der Waals surface area contributed by atoms with E-state index in [0.29, 0.717) is 11.3 Å². The van der Waals surface area contributed by atoms with Crippen LogP contribution < -0.4 is 10.1 Å². The molecule has 0 bridgehead atoms. The van der Waals surface area contributed by atoms with E-state index >= 15 is 0 Å². The van der Waals surface area contributed by atoms with Crippen molar-refractivity contribution >= 4 is 17.8 Å². The highest BCUT2D eigenvalue weighted by atomic mass is 16.5. The van der Waals surface area contributed by atoms with E-state index in [1.165, 1.54) is 7.11 Å². The Kier molecular flexibility index (Phi) is 7.00. The van der Waals surface area contributed by atoms with Crippen LogP contribution in [-0.4, -0.2) is 55.0 Å². The highest BCUT2D eigenvalue weighted by Crippen LogP contribution is 2.22. The lowest BCUT2D eigenvalue weighted by molar-refractivity contribution is -0.154. The number of esters is 1. The molecule has 7 heteroatoms. The first-order valence-electron chi connectivity index (χ1n) is 8.81. The third kappa shape index (κ3) is 5.21. The molecule has 0 aliphatic carbocycles. The van der Waals surface area contributed by atoms with Gasteiger partial charge in [-0.25, -0.2) is 0 Å². The molecule has 1 N–H and O–H groups in total. The maximum Gasteiger partial charge on any atom is 0.325 e. The van der Waals surface area contributed by atoms with Gasteiger partial charge in [0.1, 0.15) is 12.3 Å². The lowest BCUT2D eigenvalue weighted by Gasteiger charge is -2.38. The van der Waals surface area contributed by atoms with Crippen LogP contribution >= 0.6 is 0 Å². The van der Waals surface area contributed by atoms with Gasteiger partial charge in [-0.1, -0.05) is 0 Å². The van der Waals surface area contributed by atoms with Crippen molar-refractivity contribution in [2.45, 2.75) is 45.2 Å². The lowest BCUT2D eigenvalue weighted by Crippen LogP contribution is -2.49. The molecule has 2 rings (SSSR count). The number of carbonyl (C=O) groups excluding carboxylic acids is 3. The molecule has 0 radical (unpaired) electrons. The van der Waals surface area contributed by atoms with Gasteiger partial charge in [-0.3, -0.25) is 14.4 Å². The zero-order chi connectivity index (χ0) is 19.1. The Morgan fingerprint density at radius 1 is 1.12 bits per heavy atom. The molecule has 1 aromatic rings. The van der Waals surface area contributed by atoms with Gasteiger partial charge >= 0.3 is 5.97 Å². The third-order valence-electron chi connectivity index (χ3n) is 4.58. The molecule has 1 aliphatic rings. The minimum atomic E-state index is -0.641. The summed E-state index contributed by atoms with van der Waals surface area (Å²) in [6.45, 7) is 3.42. The van der Waals surface area contributed by atoms with E-state index in [0.717, 1.165) is 19.3 Å². The number of nitrogens with one attached hydrogen (secondary N) is 1. The minimum absolute atomic E-state index is 0.153. The normalized spacial score (nSPS) is 19.6. The van der Waals surface area contributed by atoms with Crippen LogP contribution in [0.15, 0.2) is 24.3 Å². The summed E-state index contributed by atoms with van der Waals surface area (Å²) >= 11 is 0. The molecule has 1 fully saturated rings. The van der Waals surface area contributed by atoms with Crippen LogP contribution in [0.3, 0.4) is 0 Å². The number of ether oxygens (including phenoxy) is 2. The maximum absolute atomic E-state index is 12.3. The van der Waals surface area contributed by atoms with Gasteiger partial charge in [0, 0.05) is 17.6 Å². The molecular weight excluding hydrogens is 336 g/mol. The molecule has 0 aromatic heterocycles. The van der Waals surface area contributed by atoms with Crippen molar-refractivity contribution in [2.24, 2.45) is 0 Å². The van der Waals surface area contributed by atoms with Crippen molar-refractivity contribution in [1.82, 2.24) is 10.2 Å². The van der Waals surface area contributed by atoms with Crippen molar-refractivity contribution in [2.75, 3.05) is 20.3 Å². The van der Waals surface area contributed by atoms with Gasteiger partial charge in [-0.05, 0) is 57.4 Å². The summed E-state index contributed by atoms with van der Waals surface area (Å²) in [7, 11) is 1.54. The fourth-order valence-electron chi connectivity index (χ4n) is 3.18. The Morgan fingerprint density at radius 3 is 2.31 bits per heavy atom. The summed E-state index contributed by atoms with van der Waals surface area (Å²) in [6, 6.07) is 6.82. The Hall–Kier alpha value is -2.57. The van der Waals surface area contributed by atoms with Crippen molar-refractivity contribution in [3.05, 3.63) is 29.8 Å². The van der Waals surface area contributed by atoms with Crippen molar-refractivity contribution in [1.29, 1.82) is 0 Å².